The first-order valence-corrected chi connectivity index (χ1v) is 9.42. The molecule has 0 bridgehead atoms. The molecular formula is C20H20F5N3O. The third kappa shape index (κ3) is 3.62. The first-order chi connectivity index (χ1) is 13.7. The highest BCUT2D eigenvalue weighted by atomic mass is 19.3. The van der Waals surface area contributed by atoms with Crippen LogP contribution in [-0.4, -0.2) is 33.1 Å². The maximum Gasteiger partial charge on any atom is 0.282 e. The van der Waals surface area contributed by atoms with Gasteiger partial charge in [-0.1, -0.05) is 6.07 Å². The summed E-state index contributed by atoms with van der Waals surface area (Å²) >= 11 is 0. The van der Waals surface area contributed by atoms with Crippen molar-refractivity contribution in [3.05, 3.63) is 52.6 Å². The van der Waals surface area contributed by atoms with E-state index in [4.69, 9.17) is 0 Å². The summed E-state index contributed by atoms with van der Waals surface area (Å²) < 4.78 is 69.0. The van der Waals surface area contributed by atoms with Gasteiger partial charge in [0.2, 0.25) is 6.43 Å². The van der Waals surface area contributed by atoms with E-state index < -0.39 is 35.7 Å². The topological polar surface area (TPSA) is 38.1 Å². The summed E-state index contributed by atoms with van der Waals surface area (Å²) in [7, 11) is 1.44. The quantitative estimate of drug-likeness (QED) is 0.623. The van der Waals surface area contributed by atoms with E-state index >= 15 is 0 Å². The number of benzene rings is 1. The molecule has 1 aromatic heterocycles. The monoisotopic (exact) mass is 413 g/mol. The van der Waals surface area contributed by atoms with Crippen molar-refractivity contribution in [2.75, 3.05) is 0 Å². The summed E-state index contributed by atoms with van der Waals surface area (Å²) in [6.45, 7) is -0.108. The van der Waals surface area contributed by atoms with E-state index in [9.17, 15) is 26.7 Å². The second-order valence-corrected chi connectivity index (χ2v) is 7.82. The SMILES string of the molecule is Cn1cc(C(=O)N(Cc2cc(F)ccc2C2(C(F)F)CC2)C2CC2)c(C(F)F)n1. The van der Waals surface area contributed by atoms with Gasteiger partial charge in [0.1, 0.15) is 11.5 Å². The fourth-order valence-electron chi connectivity index (χ4n) is 3.84. The molecule has 0 aliphatic heterocycles. The van der Waals surface area contributed by atoms with E-state index in [2.05, 4.69) is 5.10 Å². The third-order valence-corrected chi connectivity index (χ3v) is 5.69. The van der Waals surface area contributed by atoms with Gasteiger partial charge >= 0.3 is 0 Å². The Kier molecular flexibility index (Phi) is 4.86. The molecular weight excluding hydrogens is 393 g/mol. The number of hydrogen-bond donors (Lipinski definition) is 0. The van der Waals surface area contributed by atoms with Crippen LogP contribution < -0.4 is 0 Å². The minimum Gasteiger partial charge on any atom is -0.331 e. The molecule has 29 heavy (non-hydrogen) atoms. The number of rotatable bonds is 7. The molecule has 0 spiro atoms. The summed E-state index contributed by atoms with van der Waals surface area (Å²) in [5, 5.41) is 3.66. The number of halogens is 5. The second-order valence-electron chi connectivity index (χ2n) is 7.82. The molecule has 2 saturated carbocycles. The lowest BCUT2D eigenvalue weighted by molar-refractivity contribution is 0.0714. The fourth-order valence-corrected chi connectivity index (χ4v) is 3.84. The number of carbonyl (C=O) groups is 1. The molecule has 0 saturated heterocycles. The van der Waals surface area contributed by atoms with Crippen LogP contribution >= 0.6 is 0 Å². The van der Waals surface area contributed by atoms with Crippen molar-refractivity contribution in [1.29, 1.82) is 0 Å². The Morgan fingerprint density at radius 1 is 1.28 bits per heavy atom. The molecule has 1 aromatic carbocycles. The summed E-state index contributed by atoms with van der Waals surface area (Å²) in [6, 6.07) is 3.47. The van der Waals surface area contributed by atoms with Gasteiger partial charge in [-0.3, -0.25) is 9.48 Å². The zero-order chi connectivity index (χ0) is 20.9. The lowest BCUT2D eigenvalue weighted by atomic mass is 9.91. The van der Waals surface area contributed by atoms with Crippen molar-refractivity contribution in [3.8, 4) is 0 Å². The number of carbonyl (C=O) groups excluding carboxylic acids is 1. The third-order valence-electron chi connectivity index (χ3n) is 5.69. The maximum atomic E-state index is 13.9. The first-order valence-electron chi connectivity index (χ1n) is 9.42. The van der Waals surface area contributed by atoms with Gasteiger partial charge in [-0.2, -0.15) is 5.10 Å². The molecule has 9 heteroatoms. The van der Waals surface area contributed by atoms with Crippen molar-refractivity contribution >= 4 is 5.91 Å². The Balaban J connectivity index is 1.69. The van der Waals surface area contributed by atoms with Gasteiger partial charge in [0.25, 0.3) is 12.3 Å². The van der Waals surface area contributed by atoms with Gasteiger partial charge in [-0.25, -0.2) is 22.0 Å². The van der Waals surface area contributed by atoms with E-state index in [0.717, 1.165) is 16.8 Å². The Morgan fingerprint density at radius 3 is 2.52 bits per heavy atom. The van der Waals surface area contributed by atoms with Crippen LogP contribution in [0.3, 0.4) is 0 Å². The molecule has 2 aliphatic carbocycles. The Hall–Kier alpha value is -2.45. The zero-order valence-corrected chi connectivity index (χ0v) is 15.7. The average molecular weight is 413 g/mol. The molecule has 0 unspecified atom stereocenters. The minimum atomic E-state index is -2.92. The van der Waals surface area contributed by atoms with Gasteiger partial charge in [-0.05, 0) is 48.9 Å². The normalized spacial score (nSPS) is 17.8. The smallest absolute Gasteiger partial charge is 0.282 e. The Labute approximate surface area is 164 Å². The van der Waals surface area contributed by atoms with E-state index in [0.29, 0.717) is 36.8 Å². The molecule has 2 aromatic rings. The highest BCUT2D eigenvalue weighted by Gasteiger charge is 2.53. The number of alkyl halides is 4. The molecule has 2 fully saturated rings. The average Bonchev–Trinajstić information content (AvgIpc) is 3.57. The molecule has 0 atom stereocenters. The molecule has 2 aliphatic rings. The molecule has 4 nitrogen and oxygen atoms in total. The van der Waals surface area contributed by atoms with Gasteiger partial charge in [0.15, 0.2) is 0 Å². The summed E-state index contributed by atoms with van der Waals surface area (Å²) in [4.78, 5) is 14.4. The zero-order valence-electron chi connectivity index (χ0n) is 15.7. The predicted molar refractivity (Wildman–Crippen MR) is 94.4 cm³/mol. The lowest BCUT2D eigenvalue weighted by Gasteiger charge is -2.26. The summed E-state index contributed by atoms with van der Waals surface area (Å²) in [5.41, 5.74) is -1.53. The molecule has 1 amide bonds. The van der Waals surface area contributed by atoms with E-state index in [1.54, 1.807) is 0 Å². The largest absolute Gasteiger partial charge is 0.331 e. The van der Waals surface area contributed by atoms with Crippen molar-refractivity contribution in [3.63, 3.8) is 0 Å². The number of amides is 1. The van der Waals surface area contributed by atoms with Crippen LogP contribution in [0.15, 0.2) is 24.4 Å². The summed E-state index contributed by atoms with van der Waals surface area (Å²) in [5.74, 6) is -1.24. The van der Waals surface area contributed by atoms with Crippen LogP contribution in [0.2, 0.25) is 0 Å². The lowest BCUT2D eigenvalue weighted by Crippen LogP contribution is -2.34. The number of aromatic nitrogens is 2. The van der Waals surface area contributed by atoms with Crippen LogP contribution in [-0.2, 0) is 19.0 Å². The van der Waals surface area contributed by atoms with Crippen LogP contribution in [0.1, 0.15) is 59.3 Å². The van der Waals surface area contributed by atoms with Gasteiger partial charge in [0, 0.05) is 25.8 Å². The van der Waals surface area contributed by atoms with Gasteiger partial charge in [0.05, 0.1) is 11.0 Å². The molecule has 1 heterocycles. The Bertz CT molecular complexity index is 934. The summed E-state index contributed by atoms with van der Waals surface area (Å²) in [6.07, 6.45) is -2.35. The minimum absolute atomic E-state index is 0.108. The van der Waals surface area contributed by atoms with Crippen molar-refractivity contribution in [1.82, 2.24) is 14.7 Å². The van der Waals surface area contributed by atoms with E-state index in [1.165, 1.54) is 24.2 Å². The standard InChI is InChI=1S/C20H20F5N3O/c1-27-10-14(16(26-27)17(22)23)18(29)28(13-3-4-13)9-11-8-12(21)2-5-15(11)20(6-7-20)19(24)25/h2,5,8,10,13,17,19H,3-4,6-7,9H2,1H3. The van der Waals surface area contributed by atoms with E-state index in [-0.39, 0.29) is 18.2 Å². The van der Waals surface area contributed by atoms with E-state index in [1.807, 2.05) is 0 Å². The van der Waals surface area contributed by atoms with Gasteiger partial charge < -0.3 is 4.90 Å². The number of aryl methyl sites for hydroxylation is 1. The van der Waals surface area contributed by atoms with Gasteiger partial charge in [-0.15, -0.1) is 0 Å². The van der Waals surface area contributed by atoms with Crippen LogP contribution in [0.25, 0.3) is 0 Å². The maximum absolute atomic E-state index is 13.9. The highest BCUT2D eigenvalue weighted by Crippen LogP contribution is 2.54. The fraction of sp³-hybridized carbons (Fsp3) is 0.500. The van der Waals surface area contributed by atoms with Crippen LogP contribution in [0, 0.1) is 5.82 Å². The molecule has 0 N–H and O–H groups in total. The number of hydrogen-bond acceptors (Lipinski definition) is 2. The van der Waals surface area contributed by atoms with Crippen LogP contribution in [0.5, 0.6) is 0 Å². The molecule has 4 rings (SSSR count). The Morgan fingerprint density at radius 2 is 1.97 bits per heavy atom. The number of nitrogens with zero attached hydrogens (tertiary/aromatic N) is 3. The molecule has 0 radical (unpaired) electrons. The van der Waals surface area contributed by atoms with Crippen molar-refractivity contribution in [2.24, 2.45) is 7.05 Å². The molecule has 156 valence electrons. The highest BCUT2D eigenvalue weighted by molar-refractivity contribution is 5.95. The predicted octanol–water partition coefficient (Wildman–Crippen LogP) is 4.60. The second kappa shape index (κ2) is 7.11. The van der Waals surface area contributed by atoms with Crippen LogP contribution in [0.4, 0.5) is 22.0 Å². The first kappa shape index (κ1) is 19.8. The van der Waals surface area contributed by atoms with Crippen molar-refractivity contribution < 1.29 is 26.7 Å². The van der Waals surface area contributed by atoms with Crippen molar-refractivity contribution in [2.45, 2.75) is 56.5 Å².